The Hall–Kier alpha value is -1.86. The molecule has 7 heteroatoms. The van der Waals surface area contributed by atoms with E-state index >= 15 is 0 Å². The normalized spacial score (nSPS) is 16.3. The maximum atomic E-state index is 11.7. The van der Waals surface area contributed by atoms with Crippen LogP contribution >= 0.6 is 0 Å². The van der Waals surface area contributed by atoms with Crippen molar-refractivity contribution in [1.29, 1.82) is 0 Å². The van der Waals surface area contributed by atoms with Crippen LogP contribution in [0.2, 0.25) is 0 Å². The van der Waals surface area contributed by atoms with E-state index in [1.165, 1.54) is 13.4 Å². The van der Waals surface area contributed by atoms with Gasteiger partial charge in [-0.1, -0.05) is 6.92 Å². The van der Waals surface area contributed by atoms with Crippen molar-refractivity contribution in [3.8, 4) is 0 Å². The summed E-state index contributed by atoms with van der Waals surface area (Å²) in [6.07, 6.45) is 2.46. The molecule has 0 aromatic carbocycles. The summed E-state index contributed by atoms with van der Waals surface area (Å²) in [6.45, 7) is 7.26. The number of methoxy groups -OCH3 is 1. The molecule has 1 aromatic rings. The van der Waals surface area contributed by atoms with Gasteiger partial charge in [-0.2, -0.15) is 0 Å². The summed E-state index contributed by atoms with van der Waals surface area (Å²) in [7, 11) is 1.34. The van der Waals surface area contributed by atoms with Gasteiger partial charge >= 0.3 is 5.97 Å². The van der Waals surface area contributed by atoms with Gasteiger partial charge in [-0.15, -0.1) is 0 Å². The minimum Gasteiger partial charge on any atom is -0.463 e. The molecule has 0 bridgehead atoms. The number of hydrogen-bond donors (Lipinski definition) is 1. The van der Waals surface area contributed by atoms with Crippen LogP contribution in [-0.2, 0) is 16.1 Å². The maximum Gasteiger partial charge on any atom is 0.374 e. The summed E-state index contributed by atoms with van der Waals surface area (Å²) in [5.41, 5.74) is 0.839. The molecule has 2 heterocycles. The standard InChI is InChI=1S/C16H25N3O4/c1-3-5-17-14(20)12-19-8-6-18(7-9-19)11-13-4-10-23-15(13)16(21)22-2/h4,10H,3,5-9,11-12H2,1-2H3,(H,17,20). The highest BCUT2D eigenvalue weighted by molar-refractivity contribution is 5.87. The third-order valence-corrected chi connectivity index (χ3v) is 3.92. The van der Waals surface area contributed by atoms with Crippen LogP contribution in [0.4, 0.5) is 0 Å². The Bertz CT molecular complexity index is 521. The van der Waals surface area contributed by atoms with Gasteiger partial charge in [-0.25, -0.2) is 4.79 Å². The minimum atomic E-state index is -0.448. The van der Waals surface area contributed by atoms with Gasteiger partial charge in [0.05, 0.1) is 19.9 Å². The molecule has 1 saturated heterocycles. The van der Waals surface area contributed by atoms with Crippen molar-refractivity contribution < 1.29 is 18.7 Å². The molecule has 1 amide bonds. The van der Waals surface area contributed by atoms with Crippen molar-refractivity contribution >= 4 is 11.9 Å². The zero-order valence-corrected chi connectivity index (χ0v) is 13.8. The van der Waals surface area contributed by atoms with E-state index in [1.54, 1.807) is 6.07 Å². The second-order valence-corrected chi connectivity index (χ2v) is 5.67. The van der Waals surface area contributed by atoms with Crippen LogP contribution in [-0.4, -0.2) is 68.1 Å². The Labute approximate surface area is 136 Å². The second-order valence-electron chi connectivity index (χ2n) is 5.67. The number of amides is 1. The maximum absolute atomic E-state index is 11.7. The van der Waals surface area contributed by atoms with Crippen LogP contribution in [0.5, 0.6) is 0 Å². The Balaban J connectivity index is 1.78. The van der Waals surface area contributed by atoms with Crippen molar-refractivity contribution in [1.82, 2.24) is 15.1 Å². The van der Waals surface area contributed by atoms with Crippen LogP contribution in [0.3, 0.4) is 0 Å². The number of ether oxygens (including phenoxy) is 1. The number of nitrogens with one attached hydrogen (secondary N) is 1. The van der Waals surface area contributed by atoms with Gasteiger partial charge in [-0.3, -0.25) is 14.6 Å². The van der Waals surface area contributed by atoms with Crippen molar-refractivity contribution in [2.45, 2.75) is 19.9 Å². The van der Waals surface area contributed by atoms with Crippen LogP contribution < -0.4 is 5.32 Å². The average molecular weight is 323 g/mol. The first-order chi connectivity index (χ1) is 11.1. The fraction of sp³-hybridized carbons (Fsp3) is 0.625. The van der Waals surface area contributed by atoms with Gasteiger partial charge in [-0.05, 0) is 12.5 Å². The van der Waals surface area contributed by atoms with E-state index in [0.29, 0.717) is 13.1 Å². The number of carbonyl (C=O) groups excluding carboxylic acids is 2. The summed E-state index contributed by atoms with van der Waals surface area (Å²) in [5.74, 6) is -0.0896. The molecule has 1 fully saturated rings. The Morgan fingerprint density at radius 3 is 2.61 bits per heavy atom. The lowest BCUT2D eigenvalue weighted by molar-refractivity contribution is -0.122. The van der Waals surface area contributed by atoms with E-state index in [0.717, 1.165) is 44.7 Å². The summed E-state index contributed by atoms with van der Waals surface area (Å²) in [6, 6.07) is 1.80. The molecule has 2 rings (SSSR count). The lowest BCUT2D eigenvalue weighted by Crippen LogP contribution is -2.49. The van der Waals surface area contributed by atoms with Gasteiger partial charge in [0.1, 0.15) is 0 Å². The molecule has 1 N–H and O–H groups in total. The Morgan fingerprint density at radius 2 is 1.96 bits per heavy atom. The molecule has 0 radical (unpaired) electrons. The van der Waals surface area contributed by atoms with Crippen LogP contribution in [0.1, 0.15) is 29.5 Å². The highest BCUT2D eigenvalue weighted by Crippen LogP contribution is 2.15. The topological polar surface area (TPSA) is 75.0 Å². The van der Waals surface area contributed by atoms with E-state index in [1.807, 2.05) is 6.92 Å². The van der Waals surface area contributed by atoms with Crippen molar-refractivity contribution in [2.75, 3.05) is 46.4 Å². The van der Waals surface area contributed by atoms with Gasteiger partial charge in [0, 0.05) is 44.8 Å². The smallest absolute Gasteiger partial charge is 0.374 e. The lowest BCUT2D eigenvalue weighted by atomic mass is 10.2. The molecule has 0 atom stereocenters. The van der Waals surface area contributed by atoms with Gasteiger partial charge in [0.25, 0.3) is 0 Å². The summed E-state index contributed by atoms with van der Waals surface area (Å²) < 4.78 is 9.92. The number of nitrogens with zero attached hydrogens (tertiary/aromatic N) is 2. The fourth-order valence-corrected chi connectivity index (χ4v) is 2.60. The minimum absolute atomic E-state index is 0.0862. The van der Waals surface area contributed by atoms with Crippen LogP contribution in [0.25, 0.3) is 0 Å². The van der Waals surface area contributed by atoms with Gasteiger partial charge in [0.2, 0.25) is 11.7 Å². The summed E-state index contributed by atoms with van der Waals surface area (Å²) in [5, 5.41) is 2.90. The molecule has 1 aliphatic heterocycles. The molecule has 0 saturated carbocycles. The lowest BCUT2D eigenvalue weighted by Gasteiger charge is -2.34. The molecule has 1 aromatic heterocycles. The quantitative estimate of drug-likeness (QED) is 0.745. The van der Waals surface area contributed by atoms with E-state index < -0.39 is 5.97 Å². The highest BCUT2D eigenvalue weighted by Gasteiger charge is 2.22. The predicted octanol–water partition coefficient (Wildman–Crippen LogP) is 0.710. The molecule has 23 heavy (non-hydrogen) atoms. The Morgan fingerprint density at radius 1 is 1.26 bits per heavy atom. The van der Waals surface area contributed by atoms with Crippen LogP contribution in [0, 0.1) is 0 Å². The SMILES string of the molecule is CCCNC(=O)CN1CCN(Cc2ccoc2C(=O)OC)CC1. The van der Waals surface area contributed by atoms with E-state index in [9.17, 15) is 9.59 Å². The summed E-state index contributed by atoms with van der Waals surface area (Å²) in [4.78, 5) is 27.7. The highest BCUT2D eigenvalue weighted by atomic mass is 16.5. The first-order valence-corrected chi connectivity index (χ1v) is 8.00. The molecular formula is C16H25N3O4. The van der Waals surface area contributed by atoms with Crippen LogP contribution in [0.15, 0.2) is 16.7 Å². The molecule has 128 valence electrons. The van der Waals surface area contributed by atoms with Crippen molar-refractivity contribution in [3.63, 3.8) is 0 Å². The van der Waals surface area contributed by atoms with Gasteiger partial charge in [0.15, 0.2) is 0 Å². The third kappa shape index (κ3) is 5.07. The number of rotatable bonds is 7. The fourth-order valence-electron chi connectivity index (χ4n) is 2.60. The van der Waals surface area contributed by atoms with E-state index in [2.05, 4.69) is 15.1 Å². The number of piperazine rings is 1. The number of furan rings is 1. The second kappa shape index (κ2) is 8.69. The number of carbonyl (C=O) groups is 2. The van der Waals surface area contributed by atoms with E-state index in [4.69, 9.17) is 9.15 Å². The zero-order chi connectivity index (χ0) is 16.7. The first kappa shape index (κ1) is 17.5. The largest absolute Gasteiger partial charge is 0.463 e. The monoisotopic (exact) mass is 323 g/mol. The Kier molecular flexibility index (Phi) is 6.61. The third-order valence-electron chi connectivity index (χ3n) is 3.92. The number of esters is 1. The molecule has 0 unspecified atom stereocenters. The number of hydrogen-bond acceptors (Lipinski definition) is 6. The molecule has 0 aliphatic carbocycles. The molecular weight excluding hydrogens is 298 g/mol. The van der Waals surface area contributed by atoms with Gasteiger partial charge < -0.3 is 14.5 Å². The molecule has 7 nitrogen and oxygen atoms in total. The van der Waals surface area contributed by atoms with Crippen molar-refractivity contribution in [3.05, 3.63) is 23.7 Å². The molecule has 0 spiro atoms. The van der Waals surface area contributed by atoms with Crippen molar-refractivity contribution in [2.24, 2.45) is 0 Å². The first-order valence-electron chi connectivity index (χ1n) is 8.00. The van der Waals surface area contributed by atoms with E-state index in [-0.39, 0.29) is 11.7 Å². The summed E-state index contributed by atoms with van der Waals surface area (Å²) >= 11 is 0. The zero-order valence-electron chi connectivity index (χ0n) is 13.8. The molecule has 1 aliphatic rings. The predicted molar refractivity (Wildman–Crippen MR) is 85.1 cm³/mol. The average Bonchev–Trinajstić information content (AvgIpc) is 3.02.